The molecule has 9 nitrogen and oxygen atoms in total. The Morgan fingerprint density at radius 2 is 1.92 bits per heavy atom. The molecule has 3 aromatic heterocycles. The molecule has 0 radical (unpaired) electrons. The average molecular weight is 354 g/mol. The molecule has 4 heterocycles. The lowest BCUT2D eigenvalue weighted by Gasteiger charge is -2.31. The van der Waals surface area contributed by atoms with E-state index in [0.29, 0.717) is 48.9 Å². The summed E-state index contributed by atoms with van der Waals surface area (Å²) >= 11 is 0. The van der Waals surface area contributed by atoms with Crippen LogP contribution in [-0.4, -0.2) is 61.7 Å². The van der Waals surface area contributed by atoms with Gasteiger partial charge in [-0.2, -0.15) is 15.1 Å². The van der Waals surface area contributed by atoms with Gasteiger partial charge in [0.15, 0.2) is 11.4 Å². The molecule has 0 bridgehead atoms. The first kappa shape index (κ1) is 16.2. The lowest BCUT2D eigenvalue weighted by atomic mass is 10.1. The number of hydrogen-bond donors (Lipinski definition) is 0. The molecule has 9 heteroatoms. The van der Waals surface area contributed by atoms with Gasteiger partial charge in [-0.1, -0.05) is 0 Å². The van der Waals surface area contributed by atoms with E-state index in [-0.39, 0.29) is 12.0 Å². The zero-order valence-corrected chi connectivity index (χ0v) is 14.3. The van der Waals surface area contributed by atoms with Crippen LogP contribution in [-0.2, 0) is 0 Å². The van der Waals surface area contributed by atoms with Gasteiger partial charge in [0.25, 0.3) is 5.91 Å². The summed E-state index contributed by atoms with van der Waals surface area (Å²) in [6, 6.07) is 2.10. The first-order chi connectivity index (χ1) is 12.7. The third-order valence-corrected chi connectivity index (χ3v) is 4.35. The Balaban J connectivity index is 1.37. The summed E-state index contributed by atoms with van der Waals surface area (Å²) in [4.78, 5) is 27.0. The van der Waals surface area contributed by atoms with Crippen molar-refractivity contribution in [3.05, 3.63) is 42.6 Å². The normalized spacial score (nSPS) is 15.2. The fourth-order valence-corrected chi connectivity index (χ4v) is 2.94. The molecule has 0 aliphatic carbocycles. The van der Waals surface area contributed by atoms with Gasteiger partial charge in [-0.05, 0) is 6.07 Å². The summed E-state index contributed by atoms with van der Waals surface area (Å²) in [5.41, 5.74) is 1.09. The van der Waals surface area contributed by atoms with Crippen LogP contribution in [0.1, 0.15) is 23.2 Å². The number of aromatic nitrogens is 5. The number of carbonyl (C=O) groups excluding carboxylic acids is 1. The standard InChI is InChI=1S/C17H18N6O3/c1-25-13-9-19-17(20-10-13)26-12-3-7-22(8-4-12)16(24)14-11-21-23-6-2-5-18-15(14)23/h2,5-6,9-12H,3-4,7-8H2,1H3. The van der Waals surface area contributed by atoms with Crippen molar-refractivity contribution >= 4 is 11.6 Å². The van der Waals surface area contributed by atoms with Gasteiger partial charge in [0, 0.05) is 38.3 Å². The van der Waals surface area contributed by atoms with Gasteiger partial charge in [0.1, 0.15) is 11.7 Å². The minimum atomic E-state index is -0.0575. The van der Waals surface area contributed by atoms with E-state index in [4.69, 9.17) is 9.47 Å². The molecule has 0 unspecified atom stereocenters. The van der Waals surface area contributed by atoms with Crippen molar-refractivity contribution in [3.8, 4) is 11.8 Å². The highest BCUT2D eigenvalue weighted by Gasteiger charge is 2.27. The number of likely N-dealkylation sites (tertiary alicyclic amines) is 1. The molecule has 134 valence electrons. The predicted molar refractivity (Wildman–Crippen MR) is 91.1 cm³/mol. The van der Waals surface area contributed by atoms with Gasteiger partial charge in [-0.3, -0.25) is 4.79 Å². The number of carbonyl (C=O) groups is 1. The molecular formula is C17H18N6O3. The molecular weight excluding hydrogens is 336 g/mol. The van der Waals surface area contributed by atoms with Gasteiger partial charge in [0.2, 0.25) is 0 Å². The van der Waals surface area contributed by atoms with Gasteiger partial charge < -0.3 is 14.4 Å². The zero-order chi connectivity index (χ0) is 17.9. The van der Waals surface area contributed by atoms with E-state index >= 15 is 0 Å². The van der Waals surface area contributed by atoms with Crippen LogP contribution in [0.4, 0.5) is 0 Å². The topological polar surface area (TPSA) is 94.7 Å². The van der Waals surface area contributed by atoms with E-state index in [1.807, 2.05) is 0 Å². The zero-order valence-electron chi connectivity index (χ0n) is 14.3. The SMILES string of the molecule is COc1cnc(OC2CCN(C(=O)c3cnn4cccnc34)CC2)nc1. The smallest absolute Gasteiger partial charge is 0.316 e. The number of methoxy groups -OCH3 is 1. The van der Waals surface area contributed by atoms with Crippen LogP contribution in [0.5, 0.6) is 11.8 Å². The molecule has 3 aromatic rings. The van der Waals surface area contributed by atoms with Gasteiger partial charge >= 0.3 is 6.01 Å². The lowest BCUT2D eigenvalue weighted by Crippen LogP contribution is -2.42. The van der Waals surface area contributed by atoms with Crippen LogP contribution in [0, 0.1) is 0 Å². The number of rotatable bonds is 4. The van der Waals surface area contributed by atoms with Crippen LogP contribution in [0.2, 0.25) is 0 Å². The molecule has 1 amide bonds. The molecule has 0 aromatic carbocycles. The average Bonchev–Trinajstić information content (AvgIpc) is 3.13. The highest BCUT2D eigenvalue weighted by Crippen LogP contribution is 2.19. The van der Waals surface area contributed by atoms with Crippen LogP contribution in [0.15, 0.2) is 37.1 Å². The first-order valence-corrected chi connectivity index (χ1v) is 8.35. The monoisotopic (exact) mass is 354 g/mol. The van der Waals surface area contributed by atoms with Crippen LogP contribution in [0.3, 0.4) is 0 Å². The molecule has 0 spiro atoms. The summed E-state index contributed by atoms with van der Waals surface area (Å²) in [5.74, 6) is 0.526. The van der Waals surface area contributed by atoms with Crippen molar-refractivity contribution < 1.29 is 14.3 Å². The maximum atomic E-state index is 12.8. The van der Waals surface area contributed by atoms with Crippen molar-refractivity contribution in [1.82, 2.24) is 29.5 Å². The third-order valence-electron chi connectivity index (χ3n) is 4.35. The second-order valence-corrected chi connectivity index (χ2v) is 5.96. The van der Waals surface area contributed by atoms with E-state index < -0.39 is 0 Å². The molecule has 1 saturated heterocycles. The third kappa shape index (κ3) is 3.15. The van der Waals surface area contributed by atoms with E-state index in [0.717, 1.165) is 0 Å². The Hall–Kier alpha value is -3.23. The van der Waals surface area contributed by atoms with Crippen molar-refractivity contribution in [2.75, 3.05) is 20.2 Å². The predicted octanol–water partition coefficient (Wildman–Crippen LogP) is 1.21. The molecule has 1 fully saturated rings. The van der Waals surface area contributed by atoms with E-state index in [1.165, 1.54) is 0 Å². The minimum Gasteiger partial charge on any atom is -0.494 e. The van der Waals surface area contributed by atoms with Crippen molar-refractivity contribution in [2.45, 2.75) is 18.9 Å². The largest absolute Gasteiger partial charge is 0.494 e. The number of amides is 1. The second-order valence-electron chi connectivity index (χ2n) is 5.96. The van der Waals surface area contributed by atoms with Crippen molar-refractivity contribution in [3.63, 3.8) is 0 Å². The summed E-state index contributed by atoms with van der Waals surface area (Å²) in [6.45, 7) is 1.20. The fraction of sp³-hybridized carbons (Fsp3) is 0.353. The van der Waals surface area contributed by atoms with Crippen molar-refractivity contribution in [1.29, 1.82) is 0 Å². The number of hydrogen-bond acceptors (Lipinski definition) is 7. The van der Waals surface area contributed by atoms with E-state index in [2.05, 4.69) is 20.1 Å². The minimum absolute atomic E-state index is 0.0190. The van der Waals surface area contributed by atoms with Gasteiger partial charge in [0.05, 0.1) is 25.7 Å². The number of fused-ring (bicyclic) bond motifs is 1. The van der Waals surface area contributed by atoms with E-state index in [1.54, 1.807) is 53.6 Å². The number of ether oxygens (including phenoxy) is 2. The Kier molecular flexibility index (Phi) is 4.34. The summed E-state index contributed by atoms with van der Waals surface area (Å²) < 4.78 is 12.4. The first-order valence-electron chi connectivity index (χ1n) is 8.35. The quantitative estimate of drug-likeness (QED) is 0.695. The Morgan fingerprint density at radius 3 is 2.65 bits per heavy atom. The highest BCUT2D eigenvalue weighted by molar-refractivity contribution is 5.99. The molecule has 1 aliphatic rings. The molecule has 26 heavy (non-hydrogen) atoms. The lowest BCUT2D eigenvalue weighted by molar-refractivity contribution is 0.0580. The Bertz CT molecular complexity index is 902. The van der Waals surface area contributed by atoms with E-state index in [9.17, 15) is 4.79 Å². The maximum Gasteiger partial charge on any atom is 0.316 e. The second kappa shape index (κ2) is 6.95. The van der Waals surface area contributed by atoms with Crippen LogP contribution in [0.25, 0.3) is 5.65 Å². The van der Waals surface area contributed by atoms with Gasteiger partial charge in [-0.15, -0.1) is 0 Å². The van der Waals surface area contributed by atoms with Crippen LogP contribution >= 0.6 is 0 Å². The molecule has 4 rings (SSSR count). The van der Waals surface area contributed by atoms with Gasteiger partial charge in [-0.25, -0.2) is 9.50 Å². The fourth-order valence-electron chi connectivity index (χ4n) is 2.94. The molecule has 0 saturated carbocycles. The maximum absolute atomic E-state index is 12.8. The molecule has 1 aliphatic heterocycles. The van der Waals surface area contributed by atoms with Crippen molar-refractivity contribution in [2.24, 2.45) is 0 Å². The molecule has 0 N–H and O–H groups in total. The molecule has 0 atom stereocenters. The summed E-state index contributed by atoms with van der Waals surface area (Å²) in [5, 5.41) is 4.17. The highest BCUT2D eigenvalue weighted by atomic mass is 16.5. The van der Waals surface area contributed by atoms with Crippen LogP contribution < -0.4 is 9.47 Å². The summed E-state index contributed by atoms with van der Waals surface area (Å²) in [6.07, 6.45) is 9.55. The number of piperidine rings is 1. The Labute approximate surface area is 149 Å². The number of nitrogens with zero attached hydrogens (tertiary/aromatic N) is 6. The summed E-state index contributed by atoms with van der Waals surface area (Å²) in [7, 11) is 1.56. The Morgan fingerprint density at radius 1 is 1.15 bits per heavy atom.